The van der Waals surface area contributed by atoms with Gasteiger partial charge in [0.25, 0.3) is 0 Å². The molecule has 0 saturated carbocycles. The molecule has 0 unspecified atom stereocenters. The van der Waals surface area contributed by atoms with E-state index < -0.39 is 5.82 Å². The largest absolute Gasteiger partial charge is 0.488 e. The molecule has 0 spiro atoms. The summed E-state index contributed by atoms with van der Waals surface area (Å²) in [5, 5.41) is 0. The molecule has 0 heterocycles. The van der Waals surface area contributed by atoms with E-state index in [-0.39, 0.29) is 11.3 Å². The summed E-state index contributed by atoms with van der Waals surface area (Å²) in [4.78, 5) is 11.2. The number of rotatable bonds is 4. The second-order valence-electron chi connectivity index (χ2n) is 4.07. The van der Waals surface area contributed by atoms with E-state index in [9.17, 15) is 9.18 Å². The lowest BCUT2D eigenvalue weighted by Gasteiger charge is -2.10. The van der Waals surface area contributed by atoms with Crippen LogP contribution in [0, 0.1) is 9.39 Å². The molecule has 0 aliphatic heterocycles. The van der Waals surface area contributed by atoms with Gasteiger partial charge in [0.05, 0.1) is 9.13 Å². The Hall–Kier alpha value is -1.43. The third-order valence-electron chi connectivity index (χ3n) is 2.66. The van der Waals surface area contributed by atoms with Gasteiger partial charge in [-0.1, -0.05) is 30.3 Å². The molecule has 4 heteroatoms. The molecule has 0 aliphatic rings. The molecule has 19 heavy (non-hydrogen) atoms. The Morgan fingerprint density at radius 1 is 1.21 bits per heavy atom. The number of carbonyl (C=O) groups is 1. The minimum absolute atomic E-state index is 0.0939. The van der Waals surface area contributed by atoms with Crippen molar-refractivity contribution in [2.24, 2.45) is 0 Å². The summed E-state index contributed by atoms with van der Waals surface area (Å²) < 4.78 is 19.8. The first-order valence-electron chi connectivity index (χ1n) is 5.75. The van der Waals surface area contributed by atoms with Gasteiger partial charge in [0.15, 0.2) is 11.6 Å². The molecule has 0 aliphatic carbocycles. The highest BCUT2D eigenvalue weighted by molar-refractivity contribution is 14.1. The second-order valence-corrected chi connectivity index (χ2v) is 5.15. The normalized spacial score (nSPS) is 10.3. The van der Waals surface area contributed by atoms with E-state index in [4.69, 9.17) is 4.74 Å². The zero-order chi connectivity index (χ0) is 13.8. The van der Waals surface area contributed by atoms with Crippen LogP contribution in [0.15, 0.2) is 42.5 Å². The fraction of sp³-hybridized carbons (Fsp3) is 0.133. The number of ketones is 1. The summed E-state index contributed by atoms with van der Waals surface area (Å²) in [6.07, 6.45) is 0. The van der Waals surface area contributed by atoms with Crippen molar-refractivity contribution in [3.63, 3.8) is 0 Å². The van der Waals surface area contributed by atoms with Gasteiger partial charge in [0, 0.05) is 0 Å². The van der Waals surface area contributed by atoms with Crippen LogP contribution in [0.2, 0.25) is 0 Å². The number of benzene rings is 2. The van der Waals surface area contributed by atoms with E-state index in [0.29, 0.717) is 15.9 Å². The molecule has 0 saturated heterocycles. The SMILES string of the molecule is CC(=O)c1ccc(OCc2ccccc2)c(I)c1F. The Morgan fingerprint density at radius 3 is 2.53 bits per heavy atom. The molecule has 2 rings (SSSR count). The molecule has 2 aromatic rings. The first-order chi connectivity index (χ1) is 9.09. The predicted octanol–water partition coefficient (Wildman–Crippen LogP) is 4.21. The number of Topliss-reactive ketones (excluding diaryl/α,β-unsaturated/α-hetero) is 1. The molecule has 2 nitrogen and oxygen atoms in total. The van der Waals surface area contributed by atoms with Crippen molar-refractivity contribution in [2.75, 3.05) is 0 Å². The van der Waals surface area contributed by atoms with Crippen molar-refractivity contribution in [1.29, 1.82) is 0 Å². The van der Waals surface area contributed by atoms with Crippen LogP contribution in [0.4, 0.5) is 4.39 Å². The van der Waals surface area contributed by atoms with Gasteiger partial charge in [-0.3, -0.25) is 4.79 Å². The minimum atomic E-state index is -0.515. The van der Waals surface area contributed by atoms with Gasteiger partial charge in [-0.05, 0) is 47.2 Å². The number of hydrogen-bond donors (Lipinski definition) is 0. The Kier molecular flexibility index (Phi) is 4.52. The van der Waals surface area contributed by atoms with Crippen LogP contribution in [-0.2, 0) is 6.61 Å². The van der Waals surface area contributed by atoms with Crippen molar-refractivity contribution < 1.29 is 13.9 Å². The highest BCUT2D eigenvalue weighted by Gasteiger charge is 2.14. The monoisotopic (exact) mass is 370 g/mol. The molecule has 0 amide bonds. The van der Waals surface area contributed by atoms with Crippen LogP contribution in [0.25, 0.3) is 0 Å². The quantitative estimate of drug-likeness (QED) is 0.595. The van der Waals surface area contributed by atoms with E-state index in [2.05, 4.69) is 0 Å². The van der Waals surface area contributed by atoms with Crippen molar-refractivity contribution in [3.8, 4) is 5.75 Å². The lowest BCUT2D eigenvalue weighted by Crippen LogP contribution is -2.03. The zero-order valence-electron chi connectivity index (χ0n) is 10.3. The van der Waals surface area contributed by atoms with E-state index in [1.807, 2.05) is 52.9 Å². The van der Waals surface area contributed by atoms with Crippen LogP contribution in [0.3, 0.4) is 0 Å². The van der Waals surface area contributed by atoms with Gasteiger partial charge in [0.2, 0.25) is 0 Å². The lowest BCUT2D eigenvalue weighted by atomic mass is 10.1. The van der Waals surface area contributed by atoms with Gasteiger partial charge >= 0.3 is 0 Å². The second kappa shape index (κ2) is 6.14. The van der Waals surface area contributed by atoms with Crippen molar-refractivity contribution in [2.45, 2.75) is 13.5 Å². The fourth-order valence-corrected chi connectivity index (χ4v) is 2.28. The van der Waals surface area contributed by atoms with Gasteiger partial charge < -0.3 is 4.74 Å². The molecule has 0 aromatic heterocycles. The van der Waals surface area contributed by atoms with Gasteiger partial charge in [-0.15, -0.1) is 0 Å². The molecule has 98 valence electrons. The molecule has 0 fully saturated rings. The minimum Gasteiger partial charge on any atom is -0.488 e. The standard InChI is InChI=1S/C15H12FIO2/c1-10(18)12-7-8-13(15(17)14(12)16)19-9-11-5-3-2-4-6-11/h2-8H,9H2,1H3. The molecule has 0 N–H and O–H groups in total. The molecular weight excluding hydrogens is 358 g/mol. The van der Waals surface area contributed by atoms with Crippen molar-refractivity contribution in [3.05, 3.63) is 63.0 Å². The lowest BCUT2D eigenvalue weighted by molar-refractivity contribution is 0.101. The Morgan fingerprint density at radius 2 is 1.89 bits per heavy atom. The molecule has 0 bridgehead atoms. The van der Waals surface area contributed by atoms with Crippen molar-refractivity contribution >= 4 is 28.4 Å². The highest BCUT2D eigenvalue weighted by Crippen LogP contribution is 2.27. The van der Waals surface area contributed by atoms with E-state index in [0.717, 1.165) is 5.56 Å². The summed E-state index contributed by atoms with van der Waals surface area (Å²) in [5.74, 6) is -0.351. The molecular formula is C15H12FIO2. The van der Waals surface area contributed by atoms with E-state index in [1.54, 1.807) is 6.07 Å². The average Bonchev–Trinajstić information content (AvgIpc) is 2.41. The number of hydrogen-bond acceptors (Lipinski definition) is 2. The van der Waals surface area contributed by atoms with Crippen LogP contribution < -0.4 is 4.74 Å². The maximum Gasteiger partial charge on any atom is 0.162 e. The maximum atomic E-state index is 13.9. The van der Waals surface area contributed by atoms with Gasteiger partial charge in [-0.2, -0.15) is 0 Å². The Labute approximate surface area is 124 Å². The topological polar surface area (TPSA) is 26.3 Å². The van der Waals surface area contributed by atoms with Gasteiger partial charge in [0.1, 0.15) is 12.4 Å². The summed E-state index contributed by atoms with van der Waals surface area (Å²) >= 11 is 1.85. The zero-order valence-corrected chi connectivity index (χ0v) is 12.5. The van der Waals surface area contributed by atoms with Crippen LogP contribution in [0.5, 0.6) is 5.75 Å². The number of halogens is 2. The average molecular weight is 370 g/mol. The summed E-state index contributed by atoms with van der Waals surface area (Å²) in [6.45, 7) is 1.72. The summed E-state index contributed by atoms with van der Waals surface area (Å²) in [7, 11) is 0. The molecule has 0 atom stereocenters. The maximum absolute atomic E-state index is 13.9. The third-order valence-corrected chi connectivity index (χ3v) is 3.67. The summed E-state index contributed by atoms with van der Waals surface area (Å²) in [5.41, 5.74) is 1.10. The first-order valence-corrected chi connectivity index (χ1v) is 6.83. The Bertz CT molecular complexity index is 597. The van der Waals surface area contributed by atoms with Crippen LogP contribution >= 0.6 is 22.6 Å². The number of carbonyl (C=O) groups excluding carboxylic acids is 1. The predicted molar refractivity (Wildman–Crippen MR) is 79.9 cm³/mol. The number of ether oxygens (including phenoxy) is 1. The molecule has 0 radical (unpaired) electrons. The van der Waals surface area contributed by atoms with E-state index in [1.165, 1.54) is 13.0 Å². The van der Waals surface area contributed by atoms with Crippen LogP contribution in [0.1, 0.15) is 22.8 Å². The van der Waals surface area contributed by atoms with Gasteiger partial charge in [-0.25, -0.2) is 4.39 Å². The molecule has 2 aromatic carbocycles. The fourth-order valence-electron chi connectivity index (χ4n) is 1.65. The first kappa shape index (κ1) is 14.0. The van der Waals surface area contributed by atoms with Crippen LogP contribution in [-0.4, -0.2) is 5.78 Å². The summed E-state index contributed by atoms with van der Waals surface area (Å²) in [6, 6.07) is 12.7. The Balaban J connectivity index is 2.18. The van der Waals surface area contributed by atoms with Crippen molar-refractivity contribution in [1.82, 2.24) is 0 Å². The smallest absolute Gasteiger partial charge is 0.162 e. The third kappa shape index (κ3) is 3.32. The highest BCUT2D eigenvalue weighted by atomic mass is 127. The van der Waals surface area contributed by atoms with E-state index >= 15 is 0 Å².